The van der Waals surface area contributed by atoms with Gasteiger partial charge in [0.1, 0.15) is 0 Å². The number of unbranched alkanes of at least 4 members (excludes halogenated alkanes) is 1. The molecule has 0 bridgehead atoms. The average molecular weight is 357 g/mol. The molecule has 1 aromatic rings. The molecule has 0 spiro atoms. The maximum Gasteiger partial charge on any atom is 0.307 e. The van der Waals surface area contributed by atoms with Gasteiger partial charge in [-0.3, -0.25) is 14.6 Å². The highest BCUT2D eigenvalue weighted by Crippen LogP contribution is 2.30. The fraction of sp³-hybridized carbons (Fsp3) is 0.562. The van der Waals surface area contributed by atoms with Crippen molar-refractivity contribution in [3.8, 4) is 0 Å². The van der Waals surface area contributed by atoms with Gasteiger partial charge in [-0.25, -0.2) is 8.42 Å². The molecule has 1 aromatic heterocycles. The average Bonchev–Trinajstić information content (AvgIpc) is 2.52. The summed E-state index contributed by atoms with van der Waals surface area (Å²) in [4.78, 5) is 26.3. The van der Waals surface area contributed by atoms with Crippen molar-refractivity contribution >= 4 is 21.8 Å². The summed E-state index contributed by atoms with van der Waals surface area (Å²) >= 11 is 0. The fourth-order valence-corrected chi connectivity index (χ4v) is 4.42. The Balaban J connectivity index is 3.12. The van der Waals surface area contributed by atoms with E-state index in [1.807, 2.05) is 6.92 Å². The smallest absolute Gasteiger partial charge is 0.307 e. The third-order valence-electron chi connectivity index (χ3n) is 3.85. The van der Waals surface area contributed by atoms with Crippen LogP contribution in [0.1, 0.15) is 44.1 Å². The SMILES string of the molecule is CCCCS(=O)(=O)CC(c1ccncc1)C(CCC(=O)O)C(=O)O. The van der Waals surface area contributed by atoms with Crippen LogP contribution >= 0.6 is 0 Å². The molecular formula is C16H23NO6S. The van der Waals surface area contributed by atoms with E-state index in [2.05, 4.69) is 4.98 Å². The molecule has 1 rings (SSSR count). The highest BCUT2D eigenvalue weighted by Gasteiger charge is 2.33. The maximum absolute atomic E-state index is 12.3. The van der Waals surface area contributed by atoms with Gasteiger partial charge in [0, 0.05) is 24.7 Å². The van der Waals surface area contributed by atoms with Gasteiger partial charge in [0.05, 0.1) is 17.4 Å². The molecular weight excluding hydrogens is 334 g/mol. The van der Waals surface area contributed by atoms with Crippen molar-refractivity contribution in [2.24, 2.45) is 5.92 Å². The first kappa shape index (κ1) is 20.1. The maximum atomic E-state index is 12.3. The van der Waals surface area contributed by atoms with Crippen molar-refractivity contribution in [1.82, 2.24) is 4.98 Å². The minimum atomic E-state index is -3.44. The number of carboxylic acid groups (broad SMARTS) is 2. The molecule has 7 nitrogen and oxygen atoms in total. The largest absolute Gasteiger partial charge is 0.481 e. The predicted octanol–water partition coefficient (Wildman–Crippen LogP) is 1.95. The van der Waals surface area contributed by atoms with Crippen molar-refractivity contribution < 1.29 is 28.2 Å². The van der Waals surface area contributed by atoms with Crippen molar-refractivity contribution in [3.05, 3.63) is 30.1 Å². The van der Waals surface area contributed by atoms with Crippen LogP contribution in [0, 0.1) is 5.92 Å². The Bertz CT molecular complexity index is 644. The number of sulfone groups is 1. The first-order valence-electron chi connectivity index (χ1n) is 7.81. The Kier molecular flexibility index (Phi) is 7.84. The first-order chi connectivity index (χ1) is 11.3. The van der Waals surface area contributed by atoms with E-state index >= 15 is 0 Å². The highest BCUT2D eigenvalue weighted by molar-refractivity contribution is 7.91. The monoisotopic (exact) mass is 357 g/mol. The van der Waals surface area contributed by atoms with Crippen LogP contribution in [0.3, 0.4) is 0 Å². The van der Waals surface area contributed by atoms with Crippen molar-refractivity contribution in [2.75, 3.05) is 11.5 Å². The Labute approximate surface area is 141 Å². The van der Waals surface area contributed by atoms with E-state index < -0.39 is 33.6 Å². The third-order valence-corrected chi connectivity index (χ3v) is 5.63. The van der Waals surface area contributed by atoms with E-state index in [-0.39, 0.29) is 24.3 Å². The van der Waals surface area contributed by atoms with Gasteiger partial charge in [-0.2, -0.15) is 0 Å². The van der Waals surface area contributed by atoms with E-state index in [0.29, 0.717) is 12.0 Å². The second-order valence-electron chi connectivity index (χ2n) is 5.73. The number of rotatable bonds is 11. The van der Waals surface area contributed by atoms with E-state index in [0.717, 1.165) is 6.42 Å². The summed E-state index contributed by atoms with van der Waals surface area (Å²) in [7, 11) is -3.44. The molecule has 24 heavy (non-hydrogen) atoms. The van der Waals surface area contributed by atoms with Crippen molar-refractivity contribution in [3.63, 3.8) is 0 Å². The zero-order valence-corrected chi connectivity index (χ0v) is 14.4. The lowest BCUT2D eigenvalue weighted by Crippen LogP contribution is -2.29. The molecule has 134 valence electrons. The van der Waals surface area contributed by atoms with E-state index in [1.54, 1.807) is 12.1 Å². The van der Waals surface area contributed by atoms with Crippen molar-refractivity contribution in [1.29, 1.82) is 0 Å². The van der Waals surface area contributed by atoms with Crippen LogP contribution in [0.2, 0.25) is 0 Å². The first-order valence-corrected chi connectivity index (χ1v) is 9.64. The van der Waals surface area contributed by atoms with Crippen LogP contribution in [-0.4, -0.2) is 47.1 Å². The molecule has 2 atom stereocenters. The Morgan fingerprint density at radius 3 is 2.33 bits per heavy atom. The summed E-state index contributed by atoms with van der Waals surface area (Å²) in [6, 6.07) is 3.16. The van der Waals surface area contributed by atoms with Crippen LogP contribution in [0.5, 0.6) is 0 Å². The van der Waals surface area contributed by atoms with Gasteiger partial charge in [0.25, 0.3) is 0 Å². The summed E-state index contributed by atoms with van der Waals surface area (Å²) in [6.45, 7) is 1.88. The van der Waals surface area contributed by atoms with E-state index in [1.165, 1.54) is 12.4 Å². The molecule has 0 aliphatic carbocycles. The molecule has 0 aliphatic heterocycles. The molecule has 2 unspecified atom stereocenters. The molecule has 0 aliphatic rings. The summed E-state index contributed by atoms with van der Waals surface area (Å²) < 4.78 is 24.6. The van der Waals surface area contributed by atoms with Gasteiger partial charge in [-0.1, -0.05) is 13.3 Å². The quantitative estimate of drug-likeness (QED) is 0.620. The molecule has 0 aromatic carbocycles. The molecule has 1 heterocycles. The third kappa shape index (κ3) is 6.66. The minimum absolute atomic E-state index is 0.00362. The van der Waals surface area contributed by atoms with E-state index in [4.69, 9.17) is 5.11 Å². The number of hydrogen-bond donors (Lipinski definition) is 2. The normalized spacial score (nSPS) is 14.0. The van der Waals surface area contributed by atoms with Gasteiger partial charge >= 0.3 is 11.9 Å². The molecule has 0 radical (unpaired) electrons. The Hall–Kier alpha value is -1.96. The van der Waals surface area contributed by atoms with Gasteiger partial charge < -0.3 is 10.2 Å². The summed E-state index contributed by atoms with van der Waals surface area (Å²) in [5, 5.41) is 18.3. The molecule has 0 saturated heterocycles. The second-order valence-corrected chi connectivity index (χ2v) is 7.96. The zero-order chi connectivity index (χ0) is 18.2. The van der Waals surface area contributed by atoms with Crippen LogP contribution in [0.25, 0.3) is 0 Å². The van der Waals surface area contributed by atoms with Crippen LogP contribution < -0.4 is 0 Å². The van der Waals surface area contributed by atoms with Crippen LogP contribution in [-0.2, 0) is 19.4 Å². The molecule has 8 heteroatoms. The topological polar surface area (TPSA) is 122 Å². The Morgan fingerprint density at radius 1 is 1.21 bits per heavy atom. The zero-order valence-electron chi connectivity index (χ0n) is 13.6. The van der Waals surface area contributed by atoms with Crippen LogP contribution in [0.15, 0.2) is 24.5 Å². The minimum Gasteiger partial charge on any atom is -0.481 e. The van der Waals surface area contributed by atoms with Crippen LogP contribution in [0.4, 0.5) is 0 Å². The lowest BCUT2D eigenvalue weighted by Gasteiger charge is -2.24. The summed E-state index contributed by atoms with van der Waals surface area (Å²) in [6.07, 6.45) is 3.72. The number of pyridine rings is 1. The molecule has 2 N–H and O–H groups in total. The van der Waals surface area contributed by atoms with Gasteiger partial charge in [-0.15, -0.1) is 0 Å². The van der Waals surface area contributed by atoms with Crippen molar-refractivity contribution in [2.45, 2.75) is 38.5 Å². The number of carbonyl (C=O) groups is 2. The fourth-order valence-electron chi connectivity index (χ4n) is 2.55. The second kappa shape index (κ2) is 9.36. The Morgan fingerprint density at radius 2 is 1.83 bits per heavy atom. The van der Waals surface area contributed by atoms with Gasteiger partial charge in [0.2, 0.25) is 0 Å². The van der Waals surface area contributed by atoms with E-state index in [9.17, 15) is 23.1 Å². The van der Waals surface area contributed by atoms with Gasteiger partial charge in [-0.05, 0) is 30.5 Å². The number of hydrogen-bond acceptors (Lipinski definition) is 5. The number of aromatic nitrogens is 1. The predicted molar refractivity (Wildman–Crippen MR) is 88.5 cm³/mol. The highest BCUT2D eigenvalue weighted by atomic mass is 32.2. The molecule has 0 fully saturated rings. The number of nitrogens with zero attached hydrogens (tertiary/aromatic N) is 1. The summed E-state index contributed by atoms with van der Waals surface area (Å²) in [5.41, 5.74) is 0.544. The number of carboxylic acids is 2. The standard InChI is InChI=1S/C16H23NO6S/c1-2-3-10-24(22,23)11-14(12-6-8-17-9-7-12)13(16(20)21)4-5-15(18)19/h6-9,13-14H,2-5,10-11H2,1H3,(H,18,19)(H,20,21). The molecule has 0 amide bonds. The number of aliphatic carboxylic acids is 2. The van der Waals surface area contributed by atoms with Gasteiger partial charge in [0.15, 0.2) is 9.84 Å². The lowest BCUT2D eigenvalue weighted by atomic mass is 9.85. The lowest BCUT2D eigenvalue weighted by molar-refractivity contribution is -0.143. The summed E-state index contributed by atoms with van der Waals surface area (Å²) in [5.74, 6) is -4.50. The molecule has 0 saturated carbocycles.